The molecule has 11 heteroatoms. The van der Waals surface area contributed by atoms with Crippen LogP contribution in [0, 0.1) is 0 Å². The van der Waals surface area contributed by atoms with Gasteiger partial charge in [0.15, 0.2) is 6.61 Å². The Morgan fingerprint density at radius 1 is 0.889 bits per heavy atom. The maximum absolute atomic E-state index is 13.3. The van der Waals surface area contributed by atoms with Crippen molar-refractivity contribution < 1.29 is 41.0 Å². The fourth-order valence-electron chi connectivity index (χ4n) is 3.18. The van der Waals surface area contributed by atoms with E-state index in [0.29, 0.717) is 15.1 Å². The van der Waals surface area contributed by atoms with Crippen LogP contribution in [-0.2, 0) is 17.1 Å². The minimum Gasteiger partial charge on any atom is -0.482 e. The van der Waals surface area contributed by atoms with Crippen LogP contribution in [0.15, 0.2) is 82.2 Å². The van der Waals surface area contributed by atoms with Crippen molar-refractivity contribution in [2.24, 2.45) is 0 Å². The third-order valence-electron chi connectivity index (χ3n) is 4.79. The molecule has 0 radical (unpaired) electrons. The molecule has 0 aliphatic rings. The van der Waals surface area contributed by atoms with Crippen molar-refractivity contribution in [1.29, 1.82) is 0 Å². The number of alkyl halides is 6. The number of halogens is 7. The Labute approximate surface area is 214 Å². The van der Waals surface area contributed by atoms with Gasteiger partial charge < -0.3 is 9.84 Å². The molecule has 1 N–H and O–H groups in total. The largest absolute Gasteiger partial charge is 0.482 e. The highest BCUT2D eigenvalue weighted by atomic mass is 79.9. The van der Waals surface area contributed by atoms with Gasteiger partial charge in [-0.25, -0.2) is 4.79 Å². The van der Waals surface area contributed by atoms with Crippen LogP contribution >= 0.6 is 27.7 Å². The summed E-state index contributed by atoms with van der Waals surface area (Å²) in [5.41, 5.74) is -1.35. The molecule has 190 valence electrons. The van der Waals surface area contributed by atoms with Crippen LogP contribution in [0.1, 0.15) is 22.3 Å². The van der Waals surface area contributed by atoms with Crippen LogP contribution < -0.4 is 4.74 Å². The Morgan fingerprint density at radius 3 is 1.92 bits per heavy atom. The molecule has 0 aliphatic carbocycles. The van der Waals surface area contributed by atoms with Gasteiger partial charge in [-0.3, -0.25) is 0 Å². The van der Waals surface area contributed by atoms with E-state index in [1.54, 1.807) is 24.3 Å². The van der Waals surface area contributed by atoms with E-state index in [1.165, 1.54) is 36.0 Å². The molecule has 0 heterocycles. The van der Waals surface area contributed by atoms with E-state index in [4.69, 9.17) is 9.84 Å². The maximum atomic E-state index is 13.3. The Hall–Kier alpha value is -2.92. The summed E-state index contributed by atoms with van der Waals surface area (Å²) < 4.78 is 85.4. The van der Waals surface area contributed by atoms with Crippen molar-refractivity contribution in [3.8, 4) is 5.75 Å². The molecule has 0 bridgehead atoms. The molecule has 0 fully saturated rings. The minimum atomic E-state index is -4.61. The number of benzene rings is 3. The van der Waals surface area contributed by atoms with Crippen molar-refractivity contribution in [2.75, 3.05) is 12.4 Å². The smallest absolute Gasteiger partial charge is 0.416 e. The summed E-state index contributed by atoms with van der Waals surface area (Å²) in [5, 5.41) is 8.71. The van der Waals surface area contributed by atoms with Gasteiger partial charge in [0, 0.05) is 15.1 Å². The van der Waals surface area contributed by atoms with Crippen LogP contribution in [-0.4, -0.2) is 23.4 Å². The Bertz CT molecular complexity index is 1210. The molecule has 0 unspecified atom stereocenters. The SMILES string of the molecule is O=C(O)COc1ccc(SCC=C(c2cccc(C(F)(F)F)c2)c2cccc(C(F)(F)F)c2)c(Br)c1. The first-order chi connectivity index (χ1) is 16.8. The Kier molecular flexibility index (Phi) is 8.78. The fourth-order valence-corrected chi connectivity index (χ4v) is 4.67. The average molecular weight is 591 g/mol. The first-order valence-corrected chi connectivity index (χ1v) is 11.9. The number of aliphatic carboxylic acids is 1. The molecule has 3 aromatic carbocycles. The quantitative estimate of drug-likeness (QED) is 0.212. The molecule has 3 aromatic rings. The molecular formula is C25H17BrF6O3S. The maximum Gasteiger partial charge on any atom is 0.416 e. The molecule has 3 rings (SSSR count). The second kappa shape index (κ2) is 11.4. The highest BCUT2D eigenvalue weighted by Gasteiger charge is 2.32. The topological polar surface area (TPSA) is 46.5 Å². The van der Waals surface area contributed by atoms with Gasteiger partial charge in [-0.1, -0.05) is 30.3 Å². The van der Waals surface area contributed by atoms with E-state index >= 15 is 0 Å². The number of carbonyl (C=O) groups is 1. The third-order valence-corrected chi connectivity index (χ3v) is 6.71. The molecule has 0 saturated heterocycles. The van der Waals surface area contributed by atoms with Crippen molar-refractivity contribution in [1.82, 2.24) is 0 Å². The standard InChI is InChI=1S/C25H17BrF6O3S/c26-21-13-19(35-14-23(33)34)7-8-22(21)36-10-9-20(15-3-1-5-17(11-15)24(27,28)29)16-4-2-6-18(12-16)25(30,31)32/h1-9,11-13H,10,14H2,(H,33,34). The molecule has 36 heavy (non-hydrogen) atoms. The lowest BCUT2D eigenvalue weighted by Crippen LogP contribution is -2.09. The van der Waals surface area contributed by atoms with Gasteiger partial charge in [-0.2, -0.15) is 26.3 Å². The number of hydrogen-bond acceptors (Lipinski definition) is 3. The van der Waals surface area contributed by atoms with E-state index in [2.05, 4.69) is 15.9 Å². The van der Waals surface area contributed by atoms with Gasteiger partial charge in [0.2, 0.25) is 0 Å². The number of thioether (sulfide) groups is 1. The summed E-state index contributed by atoms with van der Waals surface area (Å²) in [4.78, 5) is 11.4. The lowest BCUT2D eigenvalue weighted by Gasteiger charge is -2.14. The average Bonchev–Trinajstić information content (AvgIpc) is 2.80. The summed E-state index contributed by atoms with van der Waals surface area (Å²) in [6.45, 7) is -0.515. The number of ether oxygens (including phenoxy) is 1. The van der Waals surface area contributed by atoms with E-state index < -0.39 is 36.1 Å². The fraction of sp³-hybridized carbons (Fsp3) is 0.160. The second-order valence-corrected chi connectivity index (χ2v) is 9.28. The van der Waals surface area contributed by atoms with Gasteiger partial charge in [0.25, 0.3) is 0 Å². The van der Waals surface area contributed by atoms with Crippen LogP contribution in [0.3, 0.4) is 0 Å². The van der Waals surface area contributed by atoms with E-state index in [0.717, 1.165) is 24.3 Å². The zero-order chi connectivity index (χ0) is 26.5. The summed E-state index contributed by atoms with van der Waals surface area (Å²) in [5.74, 6) is -0.598. The first kappa shape index (κ1) is 27.7. The third kappa shape index (κ3) is 7.54. The Balaban J connectivity index is 1.94. The normalized spacial score (nSPS) is 11.8. The van der Waals surface area contributed by atoms with E-state index in [1.807, 2.05) is 0 Å². The lowest BCUT2D eigenvalue weighted by atomic mass is 9.95. The minimum absolute atomic E-state index is 0.126. The van der Waals surface area contributed by atoms with E-state index in [-0.39, 0.29) is 22.5 Å². The molecule has 0 amide bonds. The summed E-state index contributed by atoms with van der Waals surface area (Å²) in [6.07, 6.45) is -7.66. The zero-order valence-corrected chi connectivity index (χ0v) is 20.6. The van der Waals surface area contributed by atoms with Gasteiger partial charge in [0.1, 0.15) is 5.75 Å². The first-order valence-electron chi connectivity index (χ1n) is 10.2. The van der Waals surface area contributed by atoms with Gasteiger partial charge >= 0.3 is 18.3 Å². The van der Waals surface area contributed by atoms with Crippen molar-refractivity contribution in [3.63, 3.8) is 0 Å². The van der Waals surface area contributed by atoms with Crippen molar-refractivity contribution in [2.45, 2.75) is 17.2 Å². The predicted octanol–water partition coefficient (Wildman–Crippen LogP) is 8.17. The monoisotopic (exact) mass is 590 g/mol. The lowest BCUT2D eigenvalue weighted by molar-refractivity contribution is -0.139. The number of hydrogen-bond donors (Lipinski definition) is 1. The molecule has 3 nitrogen and oxygen atoms in total. The highest BCUT2D eigenvalue weighted by molar-refractivity contribution is 9.10. The van der Waals surface area contributed by atoms with Crippen LogP contribution in [0.4, 0.5) is 26.3 Å². The van der Waals surface area contributed by atoms with Crippen LogP contribution in [0.5, 0.6) is 5.75 Å². The van der Waals surface area contributed by atoms with Crippen LogP contribution in [0.2, 0.25) is 0 Å². The molecule has 0 atom stereocenters. The molecule has 0 spiro atoms. The second-order valence-electron chi connectivity index (χ2n) is 7.36. The predicted molar refractivity (Wildman–Crippen MR) is 128 cm³/mol. The summed E-state index contributed by atoms with van der Waals surface area (Å²) in [6, 6.07) is 13.6. The van der Waals surface area contributed by atoms with Gasteiger partial charge in [0.05, 0.1) is 11.1 Å². The van der Waals surface area contributed by atoms with E-state index in [9.17, 15) is 31.1 Å². The van der Waals surface area contributed by atoms with Gasteiger partial charge in [-0.05, 0) is 75.1 Å². The van der Waals surface area contributed by atoms with Crippen molar-refractivity contribution >= 4 is 39.2 Å². The summed E-state index contributed by atoms with van der Waals surface area (Å²) in [7, 11) is 0. The van der Waals surface area contributed by atoms with Crippen LogP contribution in [0.25, 0.3) is 5.57 Å². The summed E-state index contributed by atoms with van der Waals surface area (Å²) >= 11 is 4.63. The molecule has 0 aromatic heterocycles. The molecule has 0 saturated carbocycles. The number of rotatable bonds is 8. The number of carboxylic acids is 1. The van der Waals surface area contributed by atoms with Crippen molar-refractivity contribution in [3.05, 3.63) is 99.5 Å². The zero-order valence-electron chi connectivity index (χ0n) is 18.2. The molecule has 0 aliphatic heterocycles. The Morgan fingerprint density at radius 2 is 1.44 bits per heavy atom. The molecular weight excluding hydrogens is 574 g/mol. The highest BCUT2D eigenvalue weighted by Crippen LogP contribution is 2.36. The number of carboxylic acid groups (broad SMARTS) is 1. The van der Waals surface area contributed by atoms with Gasteiger partial charge in [-0.15, -0.1) is 11.8 Å².